The average molecular weight is 257 g/mol. The molecule has 1 aliphatic rings. The van der Waals surface area contributed by atoms with E-state index in [2.05, 4.69) is 5.32 Å². The zero-order valence-electron chi connectivity index (χ0n) is 10.0. The van der Waals surface area contributed by atoms with Crippen LogP contribution in [0.5, 0.6) is 0 Å². The van der Waals surface area contributed by atoms with E-state index in [1.165, 1.54) is 6.07 Å². The van der Waals surface area contributed by atoms with Crippen molar-refractivity contribution in [1.29, 1.82) is 0 Å². The molecule has 1 saturated heterocycles. The van der Waals surface area contributed by atoms with Crippen LogP contribution in [0.1, 0.15) is 24.5 Å². The van der Waals surface area contributed by atoms with E-state index < -0.39 is 17.7 Å². The summed E-state index contributed by atoms with van der Waals surface area (Å²) in [5.74, 6) is -1.42. The number of hydrogen-bond acceptors (Lipinski definition) is 3. The van der Waals surface area contributed by atoms with Crippen molar-refractivity contribution in [3.8, 4) is 0 Å². The van der Waals surface area contributed by atoms with Gasteiger partial charge < -0.3 is 15.2 Å². The van der Waals surface area contributed by atoms with E-state index in [-0.39, 0.29) is 18.2 Å². The third-order valence-corrected chi connectivity index (χ3v) is 3.15. The molecule has 0 saturated carbocycles. The molecule has 0 radical (unpaired) electrons. The molecule has 2 N–H and O–H groups in total. The summed E-state index contributed by atoms with van der Waals surface area (Å²) in [5.41, 5.74) is -0.267. The Morgan fingerprint density at radius 2 is 1.89 bits per heavy atom. The van der Waals surface area contributed by atoms with Crippen LogP contribution in [0.3, 0.4) is 0 Å². The zero-order valence-corrected chi connectivity index (χ0v) is 10.0. The molecule has 5 heteroatoms. The van der Waals surface area contributed by atoms with E-state index in [0.29, 0.717) is 13.2 Å². The second kappa shape index (κ2) is 6.22. The zero-order chi connectivity index (χ0) is 13.0. The lowest BCUT2D eigenvalue weighted by Crippen LogP contribution is -2.37. The Kier molecular flexibility index (Phi) is 4.63. The average Bonchev–Trinajstić information content (AvgIpc) is 2.37. The lowest BCUT2D eigenvalue weighted by molar-refractivity contribution is 0.0718. The Morgan fingerprint density at radius 3 is 2.50 bits per heavy atom. The normalized spacial score (nSPS) is 18.8. The molecule has 18 heavy (non-hydrogen) atoms. The van der Waals surface area contributed by atoms with Crippen molar-refractivity contribution < 1.29 is 18.6 Å². The van der Waals surface area contributed by atoms with Crippen LogP contribution in [0.2, 0.25) is 0 Å². The highest BCUT2D eigenvalue weighted by atomic mass is 19.1. The molecular weight excluding hydrogens is 240 g/mol. The van der Waals surface area contributed by atoms with Gasteiger partial charge in [0.1, 0.15) is 11.6 Å². The number of hydrogen-bond donors (Lipinski definition) is 2. The highest BCUT2D eigenvalue weighted by molar-refractivity contribution is 5.22. The van der Waals surface area contributed by atoms with Gasteiger partial charge >= 0.3 is 0 Å². The lowest BCUT2D eigenvalue weighted by Gasteiger charge is -2.24. The molecule has 100 valence electrons. The minimum Gasteiger partial charge on any atom is -0.387 e. The van der Waals surface area contributed by atoms with Gasteiger partial charge in [-0.1, -0.05) is 6.07 Å². The molecule has 0 spiro atoms. The molecular formula is C13H17F2NO2. The molecule has 0 amide bonds. The molecule has 1 atom stereocenters. The third kappa shape index (κ3) is 3.25. The number of rotatable bonds is 4. The molecule has 1 aromatic rings. The number of ether oxygens (including phenoxy) is 1. The summed E-state index contributed by atoms with van der Waals surface area (Å²) in [4.78, 5) is 0. The first-order chi connectivity index (χ1) is 8.68. The van der Waals surface area contributed by atoms with Gasteiger partial charge in [0.2, 0.25) is 0 Å². The van der Waals surface area contributed by atoms with Gasteiger partial charge in [-0.05, 0) is 25.0 Å². The third-order valence-electron chi connectivity index (χ3n) is 3.15. The van der Waals surface area contributed by atoms with Crippen molar-refractivity contribution in [2.24, 2.45) is 0 Å². The molecule has 1 aliphatic heterocycles. The van der Waals surface area contributed by atoms with Gasteiger partial charge in [0.25, 0.3) is 0 Å². The first kappa shape index (κ1) is 13.4. The van der Waals surface area contributed by atoms with Gasteiger partial charge in [-0.15, -0.1) is 0 Å². The number of nitrogens with one attached hydrogen (secondary N) is 1. The van der Waals surface area contributed by atoms with E-state index in [0.717, 1.165) is 25.0 Å². The number of halogens is 2. The second-order valence-electron chi connectivity index (χ2n) is 4.45. The fourth-order valence-corrected chi connectivity index (χ4v) is 2.11. The summed E-state index contributed by atoms with van der Waals surface area (Å²) < 4.78 is 32.0. The Balaban J connectivity index is 1.92. The minimum absolute atomic E-state index is 0.141. The number of benzene rings is 1. The summed E-state index contributed by atoms with van der Waals surface area (Å²) >= 11 is 0. The largest absolute Gasteiger partial charge is 0.387 e. The van der Waals surface area contributed by atoms with Crippen LogP contribution in [0, 0.1) is 11.6 Å². The molecule has 0 bridgehead atoms. The molecule has 0 aliphatic carbocycles. The van der Waals surface area contributed by atoms with Crippen LogP contribution < -0.4 is 5.32 Å². The smallest absolute Gasteiger partial charge is 0.131 e. The van der Waals surface area contributed by atoms with E-state index in [1.54, 1.807) is 0 Å². The molecule has 3 nitrogen and oxygen atoms in total. The SMILES string of the molecule is O[C@H](CNC1CCOCC1)c1c(F)cccc1F. The topological polar surface area (TPSA) is 41.5 Å². The maximum Gasteiger partial charge on any atom is 0.131 e. The fourth-order valence-electron chi connectivity index (χ4n) is 2.11. The van der Waals surface area contributed by atoms with Gasteiger partial charge in [0, 0.05) is 25.8 Å². The van der Waals surface area contributed by atoms with Crippen molar-refractivity contribution in [2.75, 3.05) is 19.8 Å². The van der Waals surface area contributed by atoms with Gasteiger partial charge in [0.15, 0.2) is 0 Å². The summed E-state index contributed by atoms with van der Waals surface area (Å²) in [6, 6.07) is 3.82. The van der Waals surface area contributed by atoms with Crippen molar-refractivity contribution in [1.82, 2.24) is 5.32 Å². The molecule has 1 aromatic carbocycles. The Labute approximate surface area is 105 Å². The Bertz CT molecular complexity index is 374. The fraction of sp³-hybridized carbons (Fsp3) is 0.538. The summed E-state index contributed by atoms with van der Waals surface area (Å²) in [7, 11) is 0. The van der Waals surface area contributed by atoms with Crippen LogP contribution in [-0.4, -0.2) is 30.9 Å². The van der Waals surface area contributed by atoms with Crippen LogP contribution in [0.4, 0.5) is 8.78 Å². The number of aliphatic hydroxyl groups excluding tert-OH is 1. The molecule has 0 unspecified atom stereocenters. The molecule has 0 aromatic heterocycles. The Morgan fingerprint density at radius 1 is 1.28 bits per heavy atom. The monoisotopic (exact) mass is 257 g/mol. The van der Waals surface area contributed by atoms with Crippen LogP contribution in [0.25, 0.3) is 0 Å². The Hall–Kier alpha value is -1.04. The summed E-state index contributed by atoms with van der Waals surface area (Å²) in [6.45, 7) is 1.51. The predicted octanol–water partition coefficient (Wildman–Crippen LogP) is 1.77. The summed E-state index contributed by atoms with van der Waals surface area (Å²) in [6.07, 6.45) is 0.535. The quantitative estimate of drug-likeness (QED) is 0.863. The van der Waals surface area contributed by atoms with Crippen molar-refractivity contribution in [3.63, 3.8) is 0 Å². The standard InChI is InChI=1S/C13H17F2NO2/c14-10-2-1-3-11(15)13(10)12(17)8-16-9-4-6-18-7-5-9/h1-3,9,12,16-17H,4-8H2/t12-/m1/s1. The minimum atomic E-state index is -1.17. The van der Waals surface area contributed by atoms with Crippen molar-refractivity contribution >= 4 is 0 Å². The van der Waals surface area contributed by atoms with E-state index in [1.807, 2.05) is 0 Å². The van der Waals surface area contributed by atoms with E-state index >= 15 is 0 Å². The lowest BCUT2D eigenvalue weighted by atomic mass is 10.1. The van der Waals surface area contributed by atoms with Crippen LogP contribution in [-0.2, 0) is 4.74 Å². The number of aliphatic hydroxyl groups is 1. The maximum atomic E-state index is 13.4. The van der Waals surface area contributed by atoms with E-state index in [4.69, 9.17) is 4.74 Å². The van der Waals surface area contributed by atoms with E-state index in [9.17, 15) is 13.9 Å². The maximum absolute atomic E-state index is 13.4. The van der Waals surface area contributed by atoms with Gasteiger partial charge in [-0.25, -0.2) is 8.78 Å². The van der Waals surface area contributed by atoms with Crippen LogP contribution >= 0.6 is 0 Å². The molecule has 1 heterocycles. The van der Waals surface area contributed by atoms with Crippen LogP contribution in [0.15, 0.2) is 18.2 Å². The van der Waals surface area contributed by atoms with Gasteiger partial charge in [-0.3, -0.25) is 0 Å². The first-order valence-electron chi connectivity index (χ1n) is 6.11. The van der Waals surface area contributed by atoms with Gasteiger partial charge in [0.05, 0.1) is 11.7 Å². The van der Waals surface area contributed by atoms with Gasteiger partial charge in [-0.2, -0.15) is 0 Å². The molecule has 2 rings (SSSR count). The summed E-state index contributed by atoms with van der Waals surface area (Å²) in [5, 5.41) is 13.0. The highest BCUT2D eigenvalue weighted by Crippen LogP contribution is 2.20. The molecule has 1 fully saturated rings. The van der Waals surface area contributed by atoms with Crippen molar-refractivity contribution in [2.45, 2.75) is 25.0 Å². The van der Waals surface area contributed by atoms with Crippen molar-refractivity contribution in [3.05, 3.63) is 35.4 Å². The highest BCUT2D eigenvalue weighted by Gasteiger charge is 2.20. The predicted molar refractivity (Wildman–Crippen MR) is 63.2 cm³/mol. The second-order valence-corrected chi connectivity index (χ2v) is 4.45. The first-order valence-corrected chi connectivity index (χ1v) is 6.11.